The van der Waals surface area contributed by atoms with Crippen LogP contribution in [0, 0.1) is 0 Å². The molecule has 0 radical (unpaired) electrons. The molecule has 1 heterocycles. The summed E-state index contributed by atoms with van der Waals surface area (Å²) in [6.07, 6.45) is 1.32. The SMILES string of the molecule is CCS(=O)(=O)N1CCC(NC(=O)COC)CC1. The van der Waals surface area contributed by atoms with E-state index in [-0.39, 0.29) is 24.3 Å². The van der Waals surface area contributed by atoms with Crippen molar-refractivity contribution in [3.63, 3.8) is 0 Å². The van der Waals surface area contributed by atoms with Crippen molar-refractivity contribution < 1.29 is 17.9 Å². The lowest BCUT2D eigenvalue weighted by atomic mass is 10.1. The Bertz CT molecular complexity index is 347. The van der Waals surface area contributed by atoms with Crippen LogP contribution in [0.25, 0.3) is 0 Å². The first-order valence-electron chi connectivity index (χ1n) is 5.75. The highest BCUT2D eigenvalue weighted by Crippen LogP contribution is 2.14. The molecule has 0 bridgehead atoms. The summed E-state index contributed by atoms with van der Waals surface area (Å²) in [5.74, 6) is -0.0162. The van der Waals surface area contributed by atoms with Gasteiger partial charge in [0.05, 0.1) is 5.75 Å². The van der Waals surface area contributed by atoms with Gasteiger partial charge in [-0.1, -0.05) is 0 Å². The molecule has 1 aliphatic rings. The number of carbonyl (C=O) groups is 1. The van der Waals surface area contributed by atoms with Gasteiger partial charge in [-0.25, -0.2) is 12.7 Å². The van der Waals surface area contributed by atoms with Crippen LogP contribution < -0.4 is 5.32 Å². The van der Waals surface area contributed by atoms with E-state index in [9.17, 15) is 13.2 Å². The fourth-order valence-electron chi connectivity index (χ4n) is 1.86. The second-order valence-electron chi connectivity index (χ2n) is 4.07. The van der Waals surface area contributed by atoms with Crippen LogP contribution in [0.1, 0.15) is 19.8 Å². The standard InChI is InChI=1S/C10H20N2O4S/c1-3-17(14,15)12-6-4-9(5-7-12)11-10(13)8-16-2/h9H,3-8H2,1-2H3,(H,11,13). The molecule has 1 aliphatic heterocycles. The highest BCUT2D eigenvalue weighted by Gasteiger charge is 2.27. The summed E-state index contributed by atoms with van der Waals surface area (Å²) < 4.78 is 29.4. The molecular formula is C10H20N2O4S. The molecule has 0 aromatic rings. The highest BCUT2D eigenvalue weighted by molar-refractivity contribution is 7.89. The molecule has 6 nitrogen and oxygen atoms in total. The Morgan fingerprint density at radius 1 is 1.41 bits per heavy atom. The van der Waals surface area contributed by atoms with Crippen molar-refractivity contribution >= 4 is 15.9 Å². The minimum absolute atomic E-state index is 0.0491. The Hall–Kier alpha value is -0.660. The van der Waals surface area contributed by atoms with Gasteiger partial charge in [0.15, 0.2) is 0 Å². The van der Waals surface area contributed by atoms with Gasteiger partial charge in [-0.3, -0.25) is 4.79 Å². The monoisotopic (exact) mass is 264 g/mol. The topological polar surface area (TPSA) is 75.7 Å². The molecule has 1 N–H and O–H groups in total. The van der Waals surface area contributed by atoms with E-state index in [1.54, 1.807) is 6.92 Å². The molecular weight excluding hydrogens is 244 g/mol. The summed E-state index contributed by atoms with van der Waals surface area (Å²) >= 11 is 0. The molecule has 0 spiro atoms. The first-order valence-corrected chi connectivity index (χ1v) is 7.36. The molecule has 0 saturated carbocycles. The number of hydrogen-bond donors (Lipinski definition) is 1. The molecule has 17 heavy (non-hydrogen) atoms. The number of ether oxygens (including phenoxy) is 1. The third-order valence-electron chi connectivity index (χ3n) is 2.85. The van der Waals surface area contributed by atoms with Crippen LogP contribution in [0.4, 0.5) is 0 Å². The van der Waals surface area contributed by atoms with E-state index in [0.717, 1.165) is 0 Å². The van der Waals surface area contributed by atoms with Crippen molar-refractivity contribution in [1.82, 2.24) is 9.62 Å². The molecule has 1 amide bonds. The zero-order valence-corrected chi connectivity index (χ0v) is 11.1. The molecule has 0 aliphatic carbocycles. The Morgan fingerprint density at radius 2 is 2.00 bits per heavy atom. The Morgan fingerprint density at radius 3 is 2.47 bits per heavy atom. The lowest BCUT2D eigenvalue weighted by Crippen LogP contribution is -2.47. The summed E-state index contributed by atoms with van der Waals surface area (Å²) in [5, 5.41) is 2.82. The molecule has 1 saturated heterocycles. The largest absolute Gasteiger partial charge is 0.375 e. The number of sulfonamides is 1. The van der Waals surface area contributed by atoms with Crippen LogP contribution in [0.15, 0.2) is 0 Å². The van der Waals surface area contributed by atoms with E-state index >= 15 is 0 Å². The predicted molar refractivity (Wildman–Crippen MR) is 64.1 cm³/mol. The number of amides is 1. The van der Waals surface area contributed by atoms with Crippen molar-refractivity contribution in [2.45, 2.75) is 25.8 Å². The van der Waals surface area contributed by atoms with Crippen molar-refractivity contribution in [2.75, 3.05) is 32.6 Å². The molecule has 100 valence electrons. The smallest absolute Gasteiger partial charge is 0.246 e. The van der Waals surface area contributed by atoms with Crippen molar-refractivity contribution in [2.24, 2.45) is 0 Å². The van der Waals surface area contributed by atoms with Crippen LogP contribution in [0.5, 0.6) is 0 Å². The van der Waals surface area contributed by atoms with Gasteiger partial charge in [0.1, 0.15) is 6.61 Å². The van der Waals surface area contributed by atoms with Gasteiger partial charge in [0, 0.05) is 26.2 Å². The van der Waals surface area contributed by atoms with E-state index in [2.05, 4.69) is 5.32 Å². The average Bonchev–Trinajstić information content (AvgIpc) is 2.30. The third-order valence-corrected chi connectivity index (χ3v) is 4.73. The molecule has 0 aromatic carbocycles. The number of hydrogen-bond acceptors (Lipinski definition) is 4. The number of piperidine rings is 1. The van der Waals surface area contributed by atoms with Gasteiger partial charge in [-0.05, 0) is 19.8 Å². The van der Waals surface area contributed by atoms with Crippen LogP contribution in [0.3, 0.4) is 0 Å². The van der Waals surface area contributed by atoms with Crippen LogP contribution in [-0.4, -0.2) is 57.2 Å². The summed E-state index contributed by atoms with van der Waals surface area (Å²) in [4.78, 5) is 11.3. The second kappa shape index (κ2) is 6.32. The number of carbonyl (C=O) groups excluding carboxylic acids is 1. The Kier molecular flexibility index (Phi) is 5.35. The Balaban J connectivity index is 2.38. The minimum Gasteiger partial charge on any atom is -0.375 e. The van der Waals surface area contributed by atoms with Gasteiger partial charge >= 0.3 is 0 Å². The fourth-order valence-corrected chi connectivity index (χ4v) is 2.99. The lowest BCUT2D eigenvalue weighted by molar-refractivity contribution is -0.125. The summed E-state index contributed by atoms with van der Waals surface area (Å²) in [5.41, 5.74) is 0. The van der Waals surface area contributed by atoms with Crippen molar-refractivity contribution in [3.05, 3.63) is 0 Å². The quantitative estimate of drug-likeness (QED) is 0.730. The van der Waals surface area contributed by atoms with E-state index in [4.69, 9.17) is 4.74 Å². The van der Waals surface area contributed by atoms with Gasteiger partial charge < -0.3 is 10.1 Å². The number of methoxy groups -OCH3 is 1. The van der Waals surface area contributed by atoms with Gasteiger partial charge in [0.25, 0.3) is 0 Å². The lowest BCUT2D eigenvalue weighted by Gasteiger charge is -2.31. The van der Waals surface area contributed by atoms with Crippen LogP contribution in [0.2, 0.25) is 0 Å². The normalized spacial score (nSPS) is 19.2. The van der Waals surface area contributed by atoms with Crippen molar-refractivity contribution in [3.8, 4) is 0 Å². The first-order chi connectivity index (χ1) is 7.99. The number of nitrogens with zero attached hydrogens (tertiary/aromatic N) is 1. The average molecular weight is 264 g/mol. The van der Waals surface area contributed by atoms with Gasteiger partial charge in [-0.2, -0.15) is 0 Å². The predicted octanol–water partition coefficient (Wildman–Crippen LogP) is -0.437. The maximum atomic E-state index is 11.6. The molecule has 0 unspecified atom stereocenters. The maximum absolute atomic E-state index is 11.6. The van der Waals surface area contributed by atoms with E-state index < -0.39 is 10.0 Å². The molecule has 0 aromatic heterocycles. The zero-order valence-electron chi connectivity index (χ0n) is 10.3. The van der Waals surface area contributed by atoms with Crippen LogP contribution >= 0.6 is 0 Å². The molecule has 7 heteroatoms. The first kappa shape index (κ1) is 14.4. The zero-order chi connectivity index (χ0) is 12.9. The third kappa shape index (κ3) is 4.25. The van der Waals surface area contributed by atoms with E-state index in [0.29, 0.717) is 25.9 Å². The number of nitrogens with one attached hydrogen (secondary N) is 1. The number of rotatable bonds is 5. The fraction of sp³-hybridized carbons (Fsp3) is 0.900. The second-order valence-corrected chi connectivity index (χ2v) is 6.33. The van der Waals surface area contributed by atoms with E-state index in [1.165, 1.54) is 11.4 Å². The molecule has 0 atom stereocenters. The minimum atomic E-state index is -3.09. The summed E-state index contributed by atoms with van der Waals surface area (Å²) in [6.45, 7) is 2.65. The molecule has 1 rings (SSSR count). The van der Waals surface area contributed by atoms with Gasteiger partial charge in [-0.15, -0.1) is 0 Å². The summed E-state index contributed by atoms with van der Waals surface area (Å²) in [6, 6.07) is 0.0564. The summed E-state index contributed by atoms with van der Waals surface area (Å²) in [7, 11) is -1.62. The van der Waals surface area contributed by atoms with E-state index in [1.807, 2.05) is 0 Å². The van der Waals surface area contributed by atoms with Crippen molar-refractivity contribution in [1.29, 1.82) is 0 Å². The van der Waals surface area contributed by atoms with Gasteiger partial charge in [0.2, 0.25) is 15.9 Å². The highest BCUT2D eigenvalue weighted by atomic mass is 32.2. The molecule has 1 fully saturated rings. The maximum Gasteiger partial charge on any atom is 0.246 e. The van der Waals surface area contributed by atoms with Crippen LogP contribution in [-0.2, 0) is 19.6 Å². The Labute approximate surface area is 102 Å².